The fourth-order valence-corrected chi connectivity index (χ4v) is 4.89. The van der Waals surface area contributed by atoms with E-state index < -0.39 is 42.6 Å². The molecule has 0 bridgehead atoms. The zero-order chi connectivity index (χ0) is 28.8. The molecular formula is C24H25F4N7O5. The van der Waals surface area contributed by atoms with Crippen molar-refractivity contribution in [2.75, 3.05) is 30.3 Å². The summed E-state index contributed by atoms with van der Waals surface area (Å²) in [6, 6.07) is 6.16. The lowest BCUT2D eigenvalue weighted by Gasteiger charge is -2.22. The van der Waals surface area contributed by atoms with Crippen molar-refractivity contribution in [2.24, 2.45) is 0 Å². The molecule has 0 radical (unpaired) electrons. The maximum atomic E-state index is 13.3. The smallest absolute Gasteiger partial charge is 0.448 e. The number of benzene rings is 1. The first kappa shape index (κ1) is 27.5. The van der Waals surface area contributed by atoms with Gasteiger partial charge in [0.15, 0.2) is 29.9 Å². The third kappa shape index (κ3) is 5.11. The first-order chi connectivity index (χ1) is 19.0. The third-order valence-electron chi connectivity index (χ3n) is 6.82. The summed E-state index contributed by atoms with van der Waals surface area (Å²) in [5, 5.41) is 13.1. The average Bonchev–Trinajstić information content (AvgIpc) is 3.62. The number of rotatable bonds is 6. The van der Waals surface area contributed by atoms with E-state index >= 15 is 0 Å². The van der Waals surface area contributed by atoms with Gasteiger partial charge in [-0.15, -0.1) is 0 Å². The summed E-state index contributed by atoms with van der Waals surface area (Å²) < 4.78 is 63.8. The molecule has 5 rings (SSSR count). The van der Waals surface area contributed by atoms with Gasteiger partial charge in [0.1, 0.15) is 17.4 Å². The standard InChI is InChI=1S/C24H25F4N7O5/c1-2-30-20(37)16-15(36)17(40-22(38)24(26,27)28)21(39-16)35-10-31-14-18(29)32-23(33-19(14)35)34-8-7-12(9-34)11-3-5-13(25)6-4-11/h3-6,10,12,15-17,21,36H,2,7-9H2,1H3,(H,30,37)(H2,29,32,33)/t12-,15-,16+,17-,21+/m0/s1. The summed E-state index contributed by atoms with van der Waals surface area (Å²) in [6.07, 6.45) is -10.6. The highest BCUT2D eigenvalue weighted by atomic mass is 19.4. The lowest BCUT2D eigenvalue weighted by molar-refractivity contribution is -0.211. The Balaban J connectivity index is 1.48. The maximum absolute atomic E-state index is 13.3. The number of nitrogens with zero attached hydrogens (tertiary/aromatic N) is 5. The van der Waals surface area contributed by atoms with Gasteiger partial charge in [0.05, 0.1) is 6.33 Å². The van der Waals surface area contributed by atoms with Crippen LogP contribution in [0.1, 0.15) is 31.1 Å². The molecule has 1 aromatic carbocycles. The molecule has 214 valence electrons. The third-order valence-corrected chi connectivity index (χ3v) is 6.82. The molecule has 2 aliphatic rings. The zero-order valence-corrected chi connectivity index (χ0v) is 21.0. The van der Waals surface area contributed by atoms with Crippen LogP contribution in [0.2, 0.25) is 0 Å². The summed E-state index contributed by atoms with van der Waals surface area (Å²) in [7, 11) is 0. The SMILES string of the molecule is CCNC(=O)[C@@H]1O[C@@H](n2cnc3c(N)nc(N4CC[C@H](c5ccc(F)cc5)C4)nc32)[C@@H](OC(=O)C(F)(F)F)[C@H]1O. The average molecular weight is 568 g/mol. The van der Waals surface area contributed by atoms with Gasteiger partial charge in [-0.3, -0.25) is 9.36 Å². The van der Waals surface area contributed by atoms with E-state index in [2.05, 4.69) is 25.0 Å². The van der Waals surface area contributed by atoms with Gasteiger partial charge in [-0.2, -0.15) is 23.1 Å². The highest BCUT2D eigenvalue weighted by molar-refractivity contribution is 5.84. The summed E-state index contributed by atoms with van der Waals surface area (Å²) >= 11 is 0. The maximum Gasteiger partial charge on any atom is 0.490 e. The topological polar surface area (TPSA) is 158 Å². The Hall–Kier alpha value is -4.05. The molecule has 4 N–H and O–H groups in total. The van der Waals surface area contributed by atoms with E-state index in [9.17, 15) is 32.3 Å². The van der Waals surface area contributed by atoms with Crippen molar-refractivity contribution >= 4 is 34.8 Å². The number of aliphatic hydroxyl groups is 1. The van der Waals surface area contributed by atoms with E-state index in [1.807, 2.05) is 4.90 Å². The highest BCUT2D eigenvalue weighted by Gasteiger charge is 2.53. The fourth-order valence-electron chi connectivity index (χ4n) is 4.89. The molecule has 0 aliphatic carbocycles. The number of alkyl halides is 3. The number of nitrogens with two attached hydrogens (primary N) is 1. The molecule has 0 spiro atoms. The van der Waals surface area contributed by atoms with Gasteiger partial charge in [-0.1, -0.05) is 12.1 Å². The molecule has 2 saturated heterocycles. The van der Waals surface area contributed by atoms with Crippen LogP contribution in [0, 0.1) is 5.82 Å². The van der Waals surface area contributed by atoms with E-state index in [1.165, 1.54) is 12.1 Å². The minimum Gasteiger partial charge on any atom is -0.448 e. The number of imidazole rings is 1. The molecule has 5 atom stereocenters. The van der Waals surface area contributed by atoms with Gasteiger partial charge in [0, 0.05) is 25.6 Å². The second kappa shape index (κ2) is 10.5. The number of carbonyl (C=O) groups excluding carboxylic acids is 2. The summed E-state index contributed by atoms with van der Waals surface area (Å²) in [5.41, 5.74) is 7.17. The Morgan fingerprint density at radius 2 is 1.98 bits per heavy atom. The Bertz CT molecular complexity index is 1420. The number of carbonyl (C=O) groups is 2. The summed E-state index contributed by atoms with van der Waals surface area (Å²) in [5.74, 6) is -3.51. The number of hydrogen-bond donors (Lipinski definition) is 3. The van der Waals surface area contributed by atoms with Gasteiger partial charge in [-0.05, 0) is 31.0 Å². The van der Waals surface area contributed by atoms with Gasteiger partial charge in [0.2, 0.25) is 5.95 Å². The van der Waals surface area contributed by atoms with Gasteiger partial charge in [-0.25, -0.2) is 14.2 Å². The molecule has 4 heterocycles. The van der Waals surface area contributed by atoms with Crippen LogP contribution in [0.5, 0.6) is 0 Å². The molecule has 0 unspecified atom stereocenters. The van der Waals surface area contributed by atoms with Crippen LogP contribution in [0.25, 0.3) is 11.2 Å². The minimum absolute atomic E-state index is 0.0227. The van der Waals surface area contributed by atoms with Crippen LogP contribution in [-0.4, -0.2) is 80.6 Å². The molecule has 2 aromatic heterocycles. The Morgan fingerprint density at radius 1 is 1.25 bits per heavy atom. The van der Waals surface area contributed by atoms with E-state index in [-0.39, 0.29) is 41.2 Å². The fraction of sp³-hybridized carbons (Fsp3) is 0.458. The van der Waals surface area contributed by atoms with Crippen LogP contribution >= 0.6 is 0 Å². The molecule has 16 heteroatoms. The molecule has 2 aliphatic heterocycles. The second-order valence-electron chi connectivity index (χ2n) is 9.42. The van der Waals surface area contributed by atoms with Crippen molar-refractivity contribution in [2.45, 2.75) is 50.0 Å². The van der Waals surface area contributed by atoms with Gasteiger partial charge < -0.3 is 30.5 Å². The van der Waals surface area contributed by atoms with E-state index in [1.54, 1.807) is 19.1 Å². The normalized spacial score (nSPS) is 24.9. The van der Waals surface area contributed by atoms with Crippen LogP contribution in [0.3, 0.4) is 0 Å². The molecule has 40 heavy (non-hydrogen) atoms. The summed E-state index contributed by atoms with van der Waals surface area (Å²) in [6.45, 7) is 2.76. The monoisotopic (exact) mass is 567 g/mol. The zero-order valence-electron chi connectivity index (χ0n) is 21.0. The quantitative estimate of drug-likeness (QED) is 0.294. The highest BCUT2D eigenvalue weighted by Crippen LogP contribution is 2.37. The number of likely N-dealkylation sites (N-methyl/N-ethyl adjacent to an activating group) is 1. The number of anilines is 2. The second-order valence-corrected chi connectivity index (χ2v) is 9.42. The van der Waals surface area contributed by atoms with Crippen LogP contribution in [-0.2, 0) is 19.1 Å². The number of halogens is 4. The predicted molar refractivity (Wildman–Crippen MR) is 130 cm³/mol. The minimum atomic E-state index is -5.36. The van der Waals surface area contributed by atoms with Crippen LogP contribution in [0.4, 0.5) is 29.3 Å². The van der Waals surface area contributed by atoms with Crippen molar-refractivity contribution in [1.82, 2.24) is 24.8 Å². The lowest BCUT2D eigenvalue weighted by Crippen LogP contribution is -2.44. The lowest BCUT2D eigenvalue weighted by atomic mass is 9.99. The Kier molecular flexibility index (Phi) is 7.22. The van der Waals surface area contributed by atoms with Crippen molar-refractivity contribution < 1.29 is 41.7 Å². The van der Waals surface area contributed by atoms with Gasteiger partial charge in [0.25, 0.3) is 5.91 Å². The van der Waals surface area contributed by atoms with E-state index in [0.29, 0.717) is 19.5 Å². The molecule has 1 amide bonds. The van der Waals surface area contributed by atoms with Crippen molar-refractivity contribution in [3.05, 3.63) is 42.0 Å². The largest absolute Gasteiger partial charge is 0.490 e. The molecule has 0 saturated carbocycles. The van der Waals surface area contributed by atoms with Crippen molar-refractivity contribution in [3.63, 3.8) is 0 Å². The van der Waals surface area contributed by atoms with Crippen LogP contribution < -0.4 is 16.0 Å². The Morgan fingerprint density at radius 3 is 2.65 bits per heavy atom. The molecule has 12 nitrogen and oxygen atoms in total. The molecular weight excluding hydrogens is 542 g/mol. The van der Waals surface area contributed by atoms with E-state index in [4.69, 9.17) is 10.5 Å². The number of aliphatic hydroxyl groups excluding tert-OH is 1. The first-order valence-electron chi connectivity index (χ1n) is 12.4. The first-order valence-corrected chi connectivity index (χ1v) is 12.4. The van der Waals surface area contributed by atoms with Crippen molar-refractivity contribution in [1.29, 1.82) is 0 Å². The predicted octanol–water partition coefficient (Wildman–Crippen LogP) is 1.41. The number of fused-ring (bicyclic) bond motifs is 1. The summed E-state index contributed by atoms with van der Waals surface area (Å²) in [4.78, 5) is 38.9. The number of ether oxygens (including phenoxy) is 2. The van der Waals surface area contributed by atoms with E-state index in [0.717, 1.165) is 16.5 Å². The number of aromatic nitrogens is 4. The number of nitrogens with one attached hydrogen (secondary N) is 1. The number of hydrogen-bond acceptors (Lipinski definition) is 10. The number of nitrogen functional groups attached to an aromatic ring is 1. The van der Waals surface area contributed by atoms with Crippen LogP contribution in [0.15, 0.2) is 30.6 Å². The molecule has 2 fully saturated rings. The molecule has 3 aromatic rings. The Labute approximate surface area is 224 Å². The number of amides is 1. The van der Waals surface area contributed by atoms with Crippen molar-refractivity contribution in [3.8, 4) is 0 Å². The van der Waals surface area contributed by atoms with Gasteiger partial charge >= 0.3 is 12.1 Å². The number of esters is 1.